The first-order valence-electron chi connectivity index (χ1n) is 9.19. The Morgan fingerprint density at radius 1 is 1.36 bits per heavy atom. The van der Waals surface area contributed by atoms with Crippen molar-refractivity contribution < 1.29 is 19.0 Å². The number of nitrogens with one attached hydrogen (secondary N) is 2. The van der Waals surface area contributed by atoms with E-state index in [4.69, 9.17) is 14.2 Å². The Morgan fingerprint density at radius 2 is 2.25 bits per heavy atom. The molecular weight excluding hydrogens is 400 g/mol. The maximum absolute atomic E-state index is 12.4. The van der Waals surface area contributed by atoms with Gasteiger partial charge in [-0.15, -0.1) is 10.2 Å². The second kappa shape index (κ2) is 8.97. The third-order valence-corrected chi connectivity index (χ3v) is 6.53. The summed E-state index contributed by atoms with van der Waals surface area (Å²) in [6, 6.07) is 5.66. The Morgan fingerprint density at radius 3 is 3.11 bits per heavy atom. The van der Waals surface area contributed by atoms with Gasteiger partial charge in [0.05, 0.1) is 11.4 Å². The maximum Gasteiger partial charge on any atom is 0.233 e. The van der Waals surface area contributed by atoms with Crippen molar-refractivity contribution in [1.82, 2.24) is 15.5 Å². The smallest absolute Gasteiger partial charge is 0.233 e. The lowest BCUT2D eigenvalue weighted by molar-refractivity contribution is -0.120. The zero-order valence-electron chi connectivity index (χ0n) is 15.5. The number of hydrogen-bond acceptors (Lipinski definition) is 9. The van der Waals surface area contributed by atoms with E-state index in [0.29, 0.717) is 12.3 Å². The number of rotatable bonds is 8. The molecule has 4 rings (SSSR count). The molecule has 10 heteroatoms. The van der Waals surface area contributed by atoms with Gasteiger partial charge in [-0.3, -0.25) is 4.79 Å². The highest BCUT2D eigenvalue weighted by Gasteiger charge is 2.19. The highest BCUT2D eigenvalue weighted by atomic mass is 32.2. The fourth-order valence-corrected chi connectivity index (χ4v) is 4.85. The zero-order valence-corrected chi connectivity index (χ0v) is 17.1. The summed E-state index contributed by atoms with van der Waals surface area (Å²) in [5.74, 6) is 1.40. The molecule has 2 unspecified atom stereocenters. The minimum absolute atomic E-state index is 0.0493. The molecule has 0 saturated carbocycles. The van der Waals surface area contributed by atoms with Gasteiger partial charge in [-0.25, -0.2) is 0 Å². The van der Waals surface area contributed by atoms with E-state index in [-0.39, 0.29) is 24.1 Å². The summed E-state index contributed by atoms with van der Waals surface area (Å²) in [4.78, 5) is 12.4. The summed E-state index contributed by atoms with van der Waals surface area (Å²) < 4.78 is 17.0. The molecule has 28 heavy (non-hydrogen) atoms. The van der Waals surface area contributed by atoms with Crippen molar-refractivity contribution in [3.63, 3.8) is 0 Å². The number of carbonyl (C=O) groups is 1. The molecule has 2 atom stereocenters. The highest BCUT2D eigenvalue weighted by molar-refractivity contribution is 8.02. The lowest BCUT2D eigenvalue weighted by atomic mass is 10.2. The number of carbonyl (C=O) groups excluding carboxylic acids is 1. The second-order valence-electron chi connectivity index (χ2n) is 6.55. The first kappa shape index (κ1) is 19.3. The molecule has 2 N–H and O–H groups in total. The van der Waals surface area contributed by atoms with Gasteiger partial charge in [-0.05, 0) is 37.5 Å². The number of amides is 1. The van der Waals surface area contributed by atoms with Crippen LogP contribution < -0.4 is 20.1 Å². The van der Waals surface area contributed by atoms with Crippen LogP contribution in [0.3, 0.4) is 0 Å². The molecule has 1 aromatic carbocycles. The first-order chi connectivity index (χ1) is 13.7. The molecule has 0 bridgehead atoms. The van der Waals surface area contributed by atoms with Crippen molar-refractivity contribution in [1.29, 1.82) is 0 Å². The number of aromatic nitrogens is 2. The highest BCUT2D eigenvalue weighted by Crippen LogP contribution is 2.32. The molecule has 0 radical (unpaired) electrons. The summed E-state index contributed by atoms with van der Waals surface area (Å²) in [7, 11) is 0. The van der Waals surface area contributed by atoms with Crippen molar-refractivity contribution in [2.75, 3.05) is 25.3 Å². The van der Waals surface area contributed by atoms with Gasteiger partial charge in [-0.1, -0.05) is 29.2 Å². The second-order valence-corrected chi connectivity index (χ2v) is 9.12. The van der Waals surface area contributed by atoms with Crippen molar-refractivity contribution in [3.05, 3.63) is 23.8 Å². The van der Waals surface area contributed by atoms with Crippen LogP contribution >= 0.6 is 23.1 Å². The fourth-order valence-electron chi connectivity index (χ4n) is 2.92. The molecule has 1 aromatic heterocycles. The number of ether oxygens (including phenoxy) is 3. The van der Waals surface area contributed by atoms with Crippen LogP contribution in [0.15, 0.2) is 22.5 Å². The average molecular weight is 423 g/mol. The largest absolute Gasteiger partial charge is 0.454 e. The summed E-state index contributed by atoms with van der Waals surface area (Å²) in [6.45, 7) is 4.11. The molecule has 1 amide bonds. The van der Waals surface area contributed by atoms with Gasteiger partial charge in [0.2, 0.25) is 17.8 Å². The van der Waals surface area contributed by atoms with E-state index in [2.05, 4.69) is 20.8 Å². The van der Waals surface area contributed by atoms with Gasteiger partial charge in [0.25, 0.3) is 0 Å². The Hall–Kier alpha value is -2.04. The van der Waals surface area contributed by atoms with E-state index >= 15 is 0 Å². The van der Waals surface area contributed by atoms with E-state index in [0.717, 1.165) is 46.8 Å². The molecule has 0 aliphatic carbocycles. The van der Waals surface area contributed by atoms with Crippen LogP contribution in [0, 0.1) is 0 Å². The van der Waals surface area contributed by atoms with Gasteiger partial charge >= 0.3 is 0 Å². The minimum Gasteiger partial charge on any atom is -0.454 e. The van der Waals surface area contributed by atoms with Crippen LogP contribution in [0.25, 0.3) is 0 Å². The number of nitrogens with zero attached hydrogens (tertiary/aromatic N) is 2. The van der Waals surface area contributed by atoms with Crippen LogP contribution in [-0.4, -0.2) is 47.4 Å². The van der Waals surface area contributed by atoms with Crippen LogP contribution in [-0.2, 0) is 16.1 Å². The van der Waals surface area contributed by atoms with Gasteiger partial charge in [0, 0.05) is 19.7 Å². The molecule has 150 valence electrons. The molecule has 8 nitrogen and oxygen atoms in total. The molecule has 3 heterocycles. The van der Waals surface area contributed by atoms with E-state index in [1.807, 2.05) is 25.1 Å². The van der Waals surface area contributed by atoms with Gasteiger partial charge in [0.1, 0.15) is 0 Å². The molecule has 2 aromatic rings. The third-order valence-electron chi connectivity index (χ3n) is 4.46. The van der Waals surface area contributed by atoms with Crippen LogP contribution in [0.5, 0.6) is 11.5 Å². The molecule has 1 saturated heterocycles. The van der Waals surface area contributed by atoms with Gasteiger partial charge in [-0.2, -0.15) is 0 Å². The molecule has 1 fully saturated rings. The van der Waals surface area contributed by atoms with Crippen molar-refractivity contribution in [3.8, 4) is 11.5 Å². The number of thioether (sulfide) groups is 1. The Bertz CT molecular complexity index is 826. The van der Waals surface area contributed by atoms with Crippen molar-refractivity contribution in [2.45, 2.75) is 42.0 Å². The number of fused-ring (bicyclic) bond motifs is 1. The lowest BCUT2D eigenvalue weighted by Gasteiger charge is -2.10. The standard InChI is InChI=1S/C18H22N4O4S2/c1-11(16(23)19-8-12-4-5-14-15(7-12)26-10-25-14)27-18-22-21-17(28-18)20-9-13-3-2-6-24-13/h4-5,7,11,13H,2-3,6,8-10H2,1H3,(H,19,23)(H,20,21). The van der Waals surface area contributed by atoms with E-state index in [9.17, 15) is 4.79 Å². The number of benzene rings is 1. The summed E-state index contributed by atoms with van der Waals surface area (Å²) >= 11 is 2.86. The molecule has 0 spiro atoms. The molecule has 2 aliphatic heterocycles. The zero-order chi connectivity index (χ0) is 19.3. The van der Waals surface area contributed by atoms with E-state index in [1.54, 1.807) is 0 Å². The van der Waals surface area contributed by atoms with Gasteiger partial charge < -0.3 is 24.8 Å². The average Bonchev–Trinajstić information content (AvgIpc) is 3.45. The number of hydrogen-bond donors (Lipinski definition) is 2. The predicted octanol–water partition coefficient (Wildman–Crippen LogP) is 2.65. The normalized spacial score (nSPS) is 18.8. The number of anilines is 1. The lowest BCUT2D eigenvalue weighted by Crippen LogP contribution is -2.30. The molecule has 2 aliphatic rings. The predicted molar refractivity (Wildman–Crippen MR) is 107 cm³/mol. The topological polar surface area (TPSA) is 94.6 Å². The maximum atomic E-state index is 12.4. The minimum atomic E-state index is -0.270. The van der Waals surface area contributed by atoms with Crippen molar-refractivity contribution in [2.24, 2.45) is 0 Å². The first-order valence-corrected chi connectivity index (χ1v) is 10.9. The Labute approximate surface area is 171 Å². The fraction of sp³-hybridized carbons (Fsp3) is 0.500. The monoisotopic (exact) mass is 422 g/mol. The summed E-state index contributed by atoms with van der Waals surface area (Å²) in [5.41, 5.74) is 0.964. The third kappa shape index (κ3) is 4.86. The molecular formula is C18H22N4O4S2. The Balaban J connectivity index is 1.23. The van der Waals surface area contributed by atoms with Gasteiger partial charge in [0.15, 0.2) is 15.8 Å². The summed E-state index contributed by atoms with van der Waals surface area (Å²) in [5, 5.41) is 15.0. The van der Waals surface area contributed by atoms with E-state index in [1.165, 1.54) is 23.1 Å². The Kier molecular flexibility index (Phi) is 6.18. The van der Waals surface area contributed by atoms with Crippen molar-refractivity contribution >= 4 is 34.1 Å². The van der Waals surface area contributed by atoms with Crippen LogP contribution in [0.4, 0.5) is 5.13 Å². The quantitative estimate of drug-likeness (QED) is 0.627. The van der Waals surface area contributed by atoms with E-state index < -0.39 is 0 Å². The van der Waals surface area contributed by atoms with Crippen LogP contribution in [0.1, 0.15) is 25.3 Å². The van der Waals surface area contributed by atoms with Crippen LogP contribution in [0.2, 0.25) is 0 Å². The summed E-state index contributed by atoms with van der Waals surface area (Å²) in [6.07, 6.45) is 2.44. The SMILES string of the molecule is CC(Sc1nnc(NCC2CCCO2)s1)C(=O)NCc1ccc2c(c1)OCO2.